The van der Waals surface area contributed by atoms with E-state index in [0.29, 0.717) is 12.1 Å². The first-order valence-electron chi connectivity index (χ1n) is 11.7. The molecule has 1 heterocycles. The molecule has 4 rings (SSSR count). The molecule has 6 nitrogen and oxygen atoms in total. The fourth-order valence-corrected chi connectivity index (χ4v) is 4.13. The molecule has 0 aliphatic heterocycles. The molecule has 0 saturated heterocycles. The Kier molecular flexibility index (Phi) is 8.02. The molecule has 13 heteroatoms. The summed E-state index contributed by atoms with van der Waals surface area (Å²) >= 11 is 0. The minimum Gasteiger partial charge on any atom is -0.396 e. The van der Waals surface area contributed by atoms with Crippen LogP contribution in [-0.4, -0.2) is 58.0 Å². The molecular weight excluding hydrogens is 533 g/mol. The van der Waals surface area contributed by atoms with Crippen LogP contribution in [0.1, 0.15) is 6.42 Å². The Morgan fingerprint density at radius 1 is 0.923 bits per heavy atom. The Balaban J connectivity index is 1.65. The molecule has 208 valence electrons. The lowest BCUT2D eigenvalue weighted by Gasteiger charge is -2.37. The van der Waals surface area contributed by atoms with Crippen LogP contribution in [0.15, 0.2) is 60.8 Å². The summed E-state index contributed by atoms with van der Waals surface area (Å²) in [6.45, 7) is -3.02. The van der Waals surface area contributed by atoms with Crippen LogP contribution in [0.4, 0.5) is 42.1 Å². The topological polar surface area (TPSA) is 73.6 Å². The number of nitrogens with zero attached hydrogens (tertiary/aromatic N) is 3. The zero-order chi connectivity index (χ0) is 28.4. The molecule has 0 radical (unpaired) electrons. The Labute approximate surface area is 217 Å². The zero-order valence-corrected chi connectivity index (χ0v) is 20.2. The maximum Gasteiger partial charge on any atom is 0.420 e. The van der Waals surface area contributed by atoms with Gasteiger partial charge in [-0.05, 0) is 42.8 Å². The average molecular weight is 556 g/mol. The Bertz CT molecular complexity index is 1460. The third-order valence-electron chi connectivity index (χ3n) is 6.14. The van der Waals surface area contributed by atoms with Gasteiger partial charge in [0.15, 0.2) is 11.4 Å². The Hall–Kier alpha value is -3.84. The van der Waals surface area contributed by atoms with Crippen LogP contribution in [0, 0.1) is 23.3 Å². The summed E-state index contributed by atoms with van der Waals surface area (Å²) in [6, 6.07) is 9.53. The highest BCUT2D eigenvalue weighted by molar-refractivity contribution is 5.92. The molecule has 0 saturated carbocycles. The third kappa shape index (κ3) is 5.93. The van der Waals surface area contributed by atoms with Gasteiger partial charge >= 0.3 is 6.18 Å². The van der Waals surface area contributed by atoms with Gasteiger partial charge in [0.05, 0.1) is 30.5 Å². The van der Waals surface area contributed by atoms with Crippen LogP contribution in [0.5, 0.6) is 0 Å². The second kappa shape index (κ2) is 11.1. The number of benzene rings is 3. The van der Waals surface area contributed by atoms with E-state index in [4.69, 9.17) is 0 Å². The number of halogens is 7. The van der Waals surface area contributed by atoms with Gasteiger partial charge < -0.3 is 20.4 Å². The molecule has 0 spiro atoms. The van der Waals surface area contributed by atoms with E-state index in [9.17, 15) is 40.9 Å². The van der Waals surface area contributed by atoms with E-state index in [1.54, 1.807) is 0 Å². The first kappa shape index (κ1) is 28.2. The summed E-state index contributed by atoms with van der Waals surface area (Å²) < 4.78 is 99.6. The lowest BCUT2D eigenvalue weighted by molar-refractivity contribution is -0.250. The number of nitrogens with one attached hydrogen (secondary N) is 1. The molecule has 0 fully saturated rings. The number of aliphatic hydroxyl groups excluding tert-OH is 1. The monoisotopic (exact) mass is 556 g/mol. The van der Waals surface area contributed by atoms with Crippen molar-refractivity contribution in [2.24, 2.45) is 0 Å². The van der Waals surface area contributed by atoms with Crippen LogP contribution in [0.25, 0.3) is 16.6 Å². The van der Waals surface area contributed by atoms with Gasteiger partial charge in [0.1, 0.15) is 23.1 Å². The minimum absolute atomic E-state index is 0.0737. The molecule has 0 aliphatic carbocycles. The van der Waals surface area contributed by atoms with Crippen molar-refractivity contribution in [3.05, 3.63) is 84.1 Å². The van der Waals surface area contributed by atoms with Crippen LogP contribution < -0.4 is 10.2 Å². The molecular formula is C26H23F7N4O2. The highest BCUT2D eigenvalue weighted by Gasteiger charge is 2.54. The molecule has 1 atom stereocenters. The predicted octanol–water partition coefficient (Wildman–Crippen LogP) is 5.18. The number of aliphatic hydroxyl groups is 2. The summed E-state index contributed by atoms with van der Waals surface area (Å²) in [5, 5.41) is 26.9. The van der Waals surface area contributed by atoms with Crippen LogP contribution in [0.3, 0.4) is 0 Å². The highest BCUT2D eigenvalue weighted by atomic mass is 19.4. The van der Waals surface area contributed by atoms with E-state index in [2.05, 4.69) is 10.4 Å². The molecule has 4 aromatic rings. The van der Waals surface area contributed by atoms with E-state index in [1.807, 2.05) is 0 Å². The SMILES string of the molecule is OCCCN(CC(O)(CNc1cccc2c1cnn2-c1ccc(F)cc1F)C(F)(F)F)c1cc(F)ccc1F. The fraction of sp³-hybridized carbons (Fsp3) is 0.269. The van der Waals surface area contributed by atoms with Crippen LogP contribution in [0.2, 0.25) is 0 Å². The maximum absolute atomic E-state index is 14.4. The Morgan fingerprint density at radius 3 is 2.33 bits per heavy atom. The smallest absolute Gasteiger partial charge is 0.396 e. The second-order valence-electron chi connectivity index (χ2n) is 8.87. The lowest BCUT2D eigenvalue weighted by Crippen LogP contribution is -2.58. The van der Waals surface area contributed by atoms with Gasteiger partial charge in [0.25, 0.3) is 0 Å². The van der Waals surface area contributed by atoms with Crippen molar-refractivity contribution in [1.29, 1.82) is 0 Å². The van der Waals surface area contributed by atoms with E-state index in [1.165, 1.54) is 24.4 Å². The number of hydrogen-bond acceptors (Lipinski definition) is 5. The number of aromatic nitrogens is 2. The van der Waals surface area contributed by atoms with Crippen molar-refractivity contribution < 1.29 is 40.9 Å². The molecule has 0 aliphatic rings. The van der Waals surface area contributed by atoms with E-state index in [0.717, 1.165) is 33.8 Å². The van der Waals surface area contributed by atoms with Crippen molar-refractivity contribution in [2.75, 3.05) is 36.5 Å². The van der Waals surface area contributed by atoms with E-state index in [-0.39, 0.29) is 35.2 Å². The largest absolute Gasteiger partial charge is 0.420 e. The molecule has 0 amide bonds. The first-order valence-corrected chi connectivity index (χ1v) is 11.7. The zero-order valence-electron chi connectivity index (χ0n) is 20.2. The molecule has 1 unspecified atom stereocenters. The van der Waals surface area contributed by atoms with Crippen molar-refractivity contribution in [2.45, 2.75) is 18.2 Å². The van der Waals surface area contributed by atoms with Gasteiger partial charge in [-0.3, -0.25) is 0 Å². The minimum atomic E-state index is -5.21. The van der Waals surface area contributed by atoms with E-state index < -0.39 is 60.4 Å². The molecule has 1 aromatic heterocycles. The summed E-state index contributed by atoms with van der Waals surface area (Å²) in [6.07, 6.45) is -4.02. The third-order valence-corrected chi connectivity index (χ3v) is 6.14. The van der Waals surface area contributed by atoms with Crippen molar-refractivity contribution in [3.8, 4) is 5.69 Å². The lowest BCUT2D eigenvalue weighted by atomic mass is 10.0. The van der Waals surface area contributed by atoms with E-state index >= 15 is 0 Å². The van der Waals surface area contributed by atoms with Crippen LogP contribution in [-0.2, 0) is 0 Å². The summed E-state index contributed by atoms with van der Waals surface area (Å²) in [5.41, 5.74) is -3.65. The van der Waals surface area contributed by atoms with Gasteiger partial charge in [-0.1, -0.05) is 6.07 Å². The number of hydrogen-bond donors (Lipinski definition) is 3. The maximum atomic E-state index is 14.4. The normalized spacial score (nSPS) is 13.5. The van der Waals surface area contributed by atoms with Gasteiger partial charge in [0, 0.05) is 36.4 Å². The molecule has 39 heavy (non-hydrogen) atoms. The number of alkyl halides is 3. The molecule has 0 bridgehead atoms. The first-order chi connectivity index (χ1) is 18.4. The second-order valence-corrected chi connectivity index (χ2v) is 8.87. The summed E-state index contributed by atoms with van der Waals surface area (Å²) in [7, 11) is 0. The number of anilines is 2. The van der Waals surface area contributed by atoms with Gasteiger partial charge in [-0.15, -0.1) is 0 Å². The van der Waals surface area contributed by atoms with Crippen molar-refractivity contribution >= 4 is 22.3 Å². The Morgan fingerprint density at radius 2 is 1.64 bits per heavy atom. The van der Waals surface area contributed by atoms with Gasteiger partial charge in [-0.2, -0.15) is 18.3 Å². The predicted molar refractivity (Wildman–Crippen MR) is 131 cm³/mol. The summed E-state index contributed by atoms with van der Waals surface area (Å²) in [4.78, 5) is 0.819. The molecule has 3 aromatic carbocycles. The highest BCUT2D eigenvalue weighted by Crippen LogP contribution is 2.35. The fourth-order valence-electron chi connectivity index (χ4n) is 4.13. The standard InChI is InChI=1S/C26H23F7N4O2/c27-16-6-8-23(20(30)11-16)37-22-4-1-3-21(18(22)13-35-37)34-14-25(39,26(31,32)33)15-36(9-2-10-38)24-12-17(28)5-7-19(24)29/h1,3-8,11-13,34,38-39H,2,9-10,14-15H2. The van der Waals surface area contributed by atoms with Gasteiger partial charge in [0.2, 0.25) is 0 Å². The molecule has 3 N–H and O–H groups in total. The average Bonchev–Trinajstić information content (AvgIpc) is 3.30. The quantitative estimate of drug-likeness (QED) is 0.235. The number of fused-ring (bicyclic) bond motifs is 1. The summed E-state index contributed by atoms with van der Waals surface area (Å²) in [5.74, 6) is -3.60. The van der Waals surface area contributed by atoms with Crippen LogP contribution >= 0.6 is 0 Å². The van der Waals surface area contributed by atoms with Gasteiger partial charge in [-0.25, -0.2) is 22.2 Å². The van der Waals surface area contributed by atoms with Crippen molar-refractivity contribution in [3.63, 3.8) is 0 Å². The number of rotatable bonds is 10. The van der Waals surface area contributed by atoms with Crippen molar-refractivity contribution in [1.82, 2.24) is 9.78 Å².